The van der Waals surface area contributed by atoms with E-state index in [0.29, 0.717) is 17.9 Å². The van der Waals surface area contributed by atoms with Crippen LogP contribution in [0.3, 0.4) is 0 Å². The van der Waals surface area contributed by atoms with Crippen LogP contribution < -0.4 is 15.4 Å². The van der Waals surface area contributed by atoms with Crippen molar-refractivity contribution >= 4 is 23.4 Å². The Morgan fingerprint density at radius 3 is 2.29 bits per heavy atom. The van der Waals surface area contributed by atoms with Gasteiger partial charge < -0.3 is 20.3 Å². The molecule has 164 valence electrons. The number of hydrogen-bond acceptors (Lipinski definition) is 4. The van der Waals surface area contributed by atoms with Gasteiger partial charge in [0.2, 0.25) is 17.7 Å². The second kappa shape index (κ2) is 10.6. The van der Waals surface area contributed by atoms with E-state index in [2.05, 4.69) is 10.6 Å². The second-order valence-electron chi connectivity index (χ2n) is 7.62. The SMILES string of the molecule is CC[C@@H](C(=O)N(CC(=O)NCC(=O)Nc1ccc(OC)cc1)C1CC1)c1ccccc1. The number of nitrogens with zero attached hydrogens (tertiary/aromatic N) is 1. The Morgan fingerprint density at radius 1 is 1.03 bits per heavy atom. The van der Waals surface area contributed by atoms with E-state index in [1.807, 2.05) is 37.3 Å². The van der Waals surface area contributed by atoms with Crippen molar-refractivity contribution < 1.29 is 19.1 Å². The number of amides is 3. The maximum Gasteiger partial charge on any atom is 0.243 e. The van der Waals surface area contributed by atoms with E-state index in [0.717, 1.165) is 18.4 Å². The Labute approximate surface area is 182 Å². The lowest BCUT2D eigenvalue weighted by atomic mass is 9.95. The van der Waals surface area contributed by atoms with E-state index in [4.69, 9.17) is 4.74 Å². The highest BCUT2D eigenvalue weighted by molar-refractivity contribution is 5.95. The summed E-state index contributed by atoms with van der Waals surface area (Å²) < 4.78 is 5.08. The van der Waals surface area contributed by atoms with E-state index in [1.165, 1.54) is 0 Å². The van der Waals surface area contributed by atoms with Crippen LogP contribution in [-0.2, 0) is 14.4 Å². The average molecular weight is 424 g/mol. The lowest BCUT2D eigenvalue weighted by molar-refractivity contribution is -0.138. The van der Waals surface area contributed by atoms with Gasteiger partial charge in [-0.15, -0.1) is 0 Å². The third-order valence-electron chi connectivity index (χ3n) is 5.31. The van der Waals surface area contributed by atoms with Crippen molar-refractivity contribution in [1.29, 1.82) is 0 Å². The molecule has 3 rings (SSSR count). The van der Waals surface area contributed by atoms with Gasteiger partial charge in [0.25, 0.3) is 0 Å². The normalized spacial score (nSPS) is 13.7. The van der Waals surface area contributed by atoms with Gasteiger partial charge in [-0.3, -0.25) is 14.4 Å². The molecular formula is C24H29N3O4. The zero-order valence-electron chi connectivity index (χ0n) is 18.0. The Bertz CT molecular complexity index is 895. The number of nitrogens with one attached hydrogen (secondary N) is 2. The molecular weight excluding hydrogens is 394 g/mol. The molecule has 1 fully saturated rings. The predicted octanol–water partition coefficient (Wildman–Crippen LogP) is 2.93. The molecule has 0 bridgehead atoms. The topological polar surface area (TPSA) is 87.7 Å². The van der Waals surface area contributed by atoms with E-state index in [1.54, 1.807) is 36.3 Å². The molecule has 2 aromatic carbocycles. The van der Waals surface area contributed by atoms with Gasteiger partial charge in [0.15, 0.2) is 0 Å². The maximum absolute atomic E-state index is 13.2. The van der Waals surface area contributed by atoms with Crippen LogP contribution in [0.2, 0.25) is 0 Å². The van der Waals surface area contributed by atoms with E-state index in [9.17, 15) is 14.4 Å². The van der Waals surface area contributed by atoms with Gasteiger partial charge in [0.05, 0.1) is 26.1 Å². The van der Waals surface area contributed by atoms with Gasteiger partial charge in [-0.25, -0.2) is 0 Å². The van der Waals surface area contributed by atoms with Crippen LogP contribution in [0.4, 0.5) is 5.69 Å². The smallest absolute Gasteiger partial charge is 0.243 e. The maximum atomic E-state index is 13.2. The summed E-state index contributed by atoms with van der Waals surface area (Å²) in [5.74, 6) is -0.286. The van der Waals surface area contributed by atoms with E-state index >= 15 is 0 Å². The zero-order valence-corrected chi connectivity index (χ0v) is 18.0. The minimum absolute atomic E-state index is 0.0333. The fraction of sp³-hybridized carbons (Fsp3) is 0.375. The largest absolute Gasteiger partial charge is 0.497 e. The number of benzene rings is 2. The molecule has 2 aromatic rings. The number of rotatable bonds is 10. The molecule has 1 aliphatic rings. The Balaban J connectivity index is 1.53. The molecule has 3 amide bonds. The van der Waals surface area contributed by atoms with Crippen LogP contribution in [0, 0.1) is 0 Å². The van der Waals surface area contributed by atoms with Gasteiger partial charge in [-0.1, -0.05) is 37.3 Å². The van der Waals surface area contributed by atoms with Gasteiger partial charge in [0, 0.05) is 11.7 Å². The van der Waals surface area contributed by atoms with Crippen molar-refractivity contribution in [2.24, 2.45) is 0 Å². The number of ether oxygens (including phenoxy) is 1. The summed E-state index contributed by atoms with van der Waals surface area (Å²) in [7, 11) is 1.57. The Kier molecular flexibility index (Phi) is 7.65. The van der Waals surface area contributed by atoms with Crippen LogP contribution in [0.25, 0.3) is 0 Å². The summed E-state index contributed by atoms with van der Waals surface area (Å²) in [6, 6.07) is 16.7. The molecule has 1 aliphatic carbocycles. The highest BCUT2D eigenvalue weighted by Crippen LogP contribution is 2.31. The molecule has 0 aliphatic heterocycles. The van der Waals surface area contributed by atoms with Gasteiger partial charge >= 0.3 is 0 Å². The summed E-state index contributed by atoms with van der Waals surface area (Å²) in [6.45, 7) is 1.78. The average Bonchev–Trinajstić information content (AvgIpc) is 3.63. The highest BCUT2D eigenvalue weighted by Gasteiger charge is 2.36. The minimum Gasteiger partial charge on any atom is -0.497 e. The molecule has 1 atom stereocenters. The molecule has 0 unspecified atom stereocenters. The molecule has 7 nitrogen and oxygen atoms in total. The molecule has 0 aromatic heterocycles. The molecule has 0 saturated heterocycles. The van der Waals surface area contributed by atoms with Crippen LogP contribution >= 0.6 is 0 Å². The van der Waals surface area contributed by atoms with Crippen molar-refractivity contribution in [3.8, 4) is 5.75 Å². The fourth-order valence-electron chi connectivity index (χ4n) is 3.48. The first-order valence-electron chi connectivity index (χ1n) is 10.6. The molecule has 2 N–H and O–H groups in total. The monoisotopic (exact) mass is 423 g/mol. The van der Waals surface area contributed by atoms with Crippen LogP contribution in [0.1, 0.15) is 37.7 Å². The van der Waals surface area contributed by atoms with Crippen LogP contribution in [0.5, 0.6) is 5.75 Å². The molecule has 0 radical (unpaired) electrons. The van der Waals surface area contributed by atoms with Crippen molar-refractivity contribution in [1.82, 2.24) is 10.2 Å². The lowest BCUT2D eigenvalue weighted by Gasteiger charge is -2.26. The van der Waals surface area contributed by atoms with Gasteiger partial charge in [-0.2, -0.15) is 0 Å². The summed E-state index contributed by atoms with van der Waals surface area (Å²) in [6.07, 6.45) is 2.47. The van der Waals surface area contributed by atoms with E-state index < -0.39 is 0 Å². The molecule has 31 heavy (non-hydrogen) atoms. The molecule has 0 spiro atoms. The summed E-state index contributed by atoms with van der Waals surface area (Å²) in [4.78, 5) is 39.5. The minimum atomic E-state index is -0.340. The van der Waals surface area contributed by atoms with Crippen molar-refractivity contribution in [2.75, 3.05) is 25.5 Å². The number of anilines is 1. The van der Waals surface area contributed by atoms with Gasteiger partial charge in [0.1, 0.15) is 5.75 Å². The van der Waals surface area contributed by atoms with Gasteiger partial charge in [-0.05, 0) is 49.1 Å². The standard InChI is InChI=1S/C24H29N3O4/c1-3-21(17-7-5-4-6-8-17)24(30)27(19-11-12-19)16-23(29)25-15-22(28)26-18-9-13-20(31-2)14-10-18/h4-10,13-14,19,21H,3,11-12,15-16H2,1-2H3,(H,25,29)(H,26,28)/t21-/m1/s1. The first-order valence-corrected chi connectivity index (χ1v) is 10.6. The third-order valence-corrected chi connectivity index (χ3v) is 5.31. The van der Waals surface area contributed by atoms with E-state index in [-0.39, 0.29) is 42.8 Å². The van der Waals surface area contributed by atoms with Crippen LogP contribution in [0.15, 0.2) is 54.6 Å². The molecule has 0 heterocycles. The highest BCUT2D eigenvalue weighted by atomic mass is 16.5. The van der Waals surface area contributed by atoms with Crippen LogP contribution in [-0.4, -0.2) is 48.9 Å². The number of carbonyl (C=O) groups excluding carboxylic acids is 3. The molecule has 7 heteroatoms. The summed E-state index contributed by atoms with van der Waals surface area (Å²) >= 11 is 0. The number of carbonyl (C=O) groups is 3. The first-order chi connectivity index (χ1) is 15.0. The van der Waals surface area contributed by atoms with Crippen molar-refractivity contribution in [3.05, 3.63) is 60.2 Å². The summed E-state index contributed by atoms with van der Waals surface area (Å²) in [5.41, 5.74) is 1.57. The van der Waals surface area contributed by atoms with Crippen molar-refractivity contribution in [2.45, 2.75) is 38.1 Å². The second-order valence-corrected chi connectivity index (χ2v) is 7.62. The first kappa shape index (κ1) is 22.3. The Hall–Kier alpha value is -3.35. The zero-order chi connectivity index (χ0) is 22.2. The number of methoxy groups -OCH3 is 1. The lowest BCUT2D eigenvalue weighted by Crippen LogP contribution is -2.45. The third kappa shape index (κ3) is 6.31. The quantitative estimate of drug-likeness (QED) is 0.615. The summed E-state index contributed by atoms with van der Waals surface area (Å²) in [5, 5.41) is 5.34. The molecule has 1 saturated carbocycles. The Morgan fingerprint density at radius 2 is 1.71 bits per heavy atom. The fourth-order valence-corrected chi connectivity index (χ4v) is 3.48. The number of hydrogen-bond donors (Lipinski definition) is 2. The van der Waals surface area contributed by atoms with Crippen molar-refractivity contribution in [3.63, 3.8) is 0 Å². The predicted molar refractivity (Wildman–Crippen MR) is 119 cm³/mol.